The van der Waals surface area contributed by atoms with Gasteiger partial charge in [0.05, 0.1) is 6.04 Å². The molecule has 1 atom stereocenters. The van der Waals surface area contributed by atoms with Crippen molar-refractivity contribution in [2.24, 2.45) is 0 Å². The standard InChI is InChI=1S/C10H18N4OS/c1-7-9(15)12-10(16-2,14-13-7)11-8-5-3-4-6-8/h8,11,13-14H,1,3-6H2,2H3,(H,12,15)/p+1. The van der Waals surface area contributed by atoms with Gasteiger partial charge in [0.25, 0.3) is 11.0 Å². The third-order valence-electron chi connectivity index (χ3n) is 3.16. The van der Waals surface area contributed by atoms with Crippen molar-refractivity contribution < 1.29 is 10.1 Å². The van der Waals surface area contributed by atoms with Gasteiger partial charge in [-0.05, 0) is 31.9 Å². The van der Waals surface area contributed by atoms with Gasteiger partial charge in [-0.3, -0.25) is 15.4 Å². The van der Waals surface area contributed by atoms with Crippen molar-refractivity contribution >= 4 is 17.7 Å². The van der Waals surface area contributed by atoms with Crippen LogP contribution < -0.4 is 21.5 Å². The summed E-state index contributed by atoms with van der Waals surface area (Å²) in [5.41, 5.74) is 6.32. The number of nitrogens with one attached hydrogen (secondary N) is 3. The fraction of sp³-hybridized carbons (Fsp3) is 0.700. The summed E-state index contributed by atoms with van der Waals surface area (Å²) in [4.78, 5) is 11.6. The molecule has 0 aromatic heterocycles. The Kier molecular flexibility index (Phi) is 3.41. The second-order valence-electron chi connectivity index (χ2n) is 4.33. The summed E-state index contributed by atoms with van der Waals surface area (Å²) in [6.45, 7) is 3.62. The van der Waals surface area contributed by atoms with Gasteiger partial charge in [-0.1, -0.05) is 18.3 Å². The first-order valence-electron chi connectivity index (χ1n) is 5.61. The number of carbonyl (C=O) groups excluding carboxylic acids is 1. The van der Waals surface area contributed by atoms with E-state index in [1.54, 1.807) is 11.8 Å². The van der Waals surface area contributed by atoms with E-state index in [0.29, 0.717) is 11.7 Å². The molecule has 0 radical (unpaired) electrons. The molecule has 1 unspecified atom stereocenters. The van der Waals surface area contributed by atoms with E-state index in [4.69, 9.17) is 0 Å². The number of hydrogen-bond donors (Lipinski definition) is 4. The zero-order chi connectivity index (χ0) is 11.6. The van der Waals surface area contributed by atoms with Gasteiger partial charge in [0, 0.05) is 0 Å². The average molecular weight is 243 g/mol. The lowest BCUT2D eigenvalue weighted by Gasteiger charge is -2.37. The van der Waals surface area contributed by atoms with Crippen molar-refractivity contribution in [1.29, 1.82) is 0 Å². The van der Waals surface area contributed by atoms with Crippen molar-refractivity contribution in [3.63, 3.8) is 0 Å². The first-order valence-corrected chi connectivity index (χ1v) is 6.83. The van der Waals surface area contributed by atoms with Gasteiger partial charge >= 0.3 is 0 Å². The Labute approximate surface area is 99.8 Å². The van der Waals surface area contributed by atoms with E-state index in [2.05, 4.69) is 28.1 Å². The first kappa shape index (κ1) is 11.8. The van der Waals surface area contributed by atoms with Crippen molar-refractivity contribution in [3.8, 4) is 0 Å². The summed E-state index contributed by atoms with van der Waals surface area (Å²) < 4.78 is 0. The molecule has 1 heterocycles. The molecule has 1 saturated heterocycles. The van der Waals surface area contributed by atoms with E-state index in [0.717, 1.165) is 0 Å². The third kappa shape index (κ3) is 2.34. The van der Waals surface area contributed by atoms with Crippen LogP contribution in [0.5, 0.6) is 0 Å². The molecule has 16 heavy (non-hydrogen) atoms. The summed E-state index contributed by atoms with van der Waals surface area (Å²) in [6.07, 6.45) is 7.01. The van der Waals surface area contributed by atoms with Crippen molar-refractivity contribution in [2.45, 2.75) is 36.8 Å². The Hall–Kier alpha value is -0.720. The monoisotopic (exact) mass is 243 g/mol. The number of hydrazine groups is 1. The summed E-state index contributed by atoms with van der Waals surface area (Å²) in [7, 11) is 0. The van der Waals surface area contributed by atoms with E-state index in [1.165, 1.54) is 25.7 Å². The van der Waals surface area contributed by atoms with Gasteiger partial charge in [-0.25, -0.2) is 0 Å². The highest BCUT2D eigenvalue weighted by molar-refractivity contribution is 7.99. The fourth-order valence-electron chi connectivity index (χ4n) is 2.21. The second kappa shape index (κ2) is 4.65. The normalized spacial score (nSPS) is 31.3. The highest BCUT2D eigenvalue weighted by Gasteiger charge is 2.42. The van der Waals surface area contributed by atoms with Gasteiger partial charge in [-0.15, -0.1) is 0 Å². The van der Waals surface area contributed by atoms with Gasteiger partial charge in [-0.2, -0.15) is 5.43 Å². The average Bonchev–Trinajstić information content (AvgIpc) is 2.76. The molecule has 6 heteroatoms. The lowest BCUT2D eigenvalue weighted by Crippen LogP contribution is -3.08. The molecule has 5 nitrogen and oxygen atoms in total. The molecular formula is C10H19N4OS+. The molecule has 2 rings (SSSR count). The van der Waals surface area contributed by atoms with Crippen molar-refractivity contribution in [2.75, 3.05) is 6.26 Å². The van der Waals surface area contributed by atoms with Crippen LogP contribution in [0.1, 0.15) is 25.7 Å². The Morgan fingerprint density at radius 1 is 1.50 bits per heavy atom. The Bertz CT molecular complexity index is 303. The molecule has 90 valence electrons. The van der Waals surface area contributed by atoms with E-state index < -0.39 is 5.12 Å². The molecule has 2 fully saturated rings. The number of rotatable bonds is 3. The number of carbonyl (C=O) groups is 1. The molecule has 0 aromatic rings. The van der Waals surface area contributed by atoms with Crippen LogP contribution in [0.2, 0.25) is 0 Å². The number of hydrogen-bond acceptors (Lipinski definition) is 4. The minimum Gasteiger partial charge on any atom is -0.310 e. The predicted octanol–water partition coefficient (Wildman–Crippen LogP) is -0.796. The molecular weight excluding hydrogens is 224 g/mol. The summed E-state index contributed by atoms with van der Waals surface area (Å²) in [6, 6.07) is 0.591. The SMILES string of the molecule is C=C1NNC([NH2+]C2CCCC2)(SC)NC1=O. The van der Waals surface area contributed by atoms with Gasteiger partial charge in [0.2, 0.25) is 0 Å². The van der Waals surface area contributed by atoms with Crippen LogP contribution in [0, 0.1) is 0 Å². The topological polar surface area (TPSA) is 69.8 Å². The number of quaternary nitrogens is 1. The molecule has 2 aliphatic rings. The lowest BCUT2D eigenvalue weighted by atomic mass is 10.2. The predicted molar refractivity (Wildman–Crippen MR) is 64.0 cm³/mol. The van der Waals surface area contributed by atoms with E-state index in [1.807, 2.05) is 6.26 Å². The van der Waals surface area contributed by atoms with Crippen LogP contribution in [0.4, 0.5) is 0 Å². The zero-order valence-electron chi connectivity index (χ0n) is 9.51. The molecule has 1 amide bonds. The highest BCUT2D eigenvalue weighted by atomic mass is 32.2. The lowest BCUT2D eigenvalue weighted by molar-refractivity contribution is -0.742. The van der Waals surface area contributed by atoms with Crippen LogP contribution in [0.25, 0.3) is 0 Å². The number of thioether (sulfide) groups is 1. The van der Waals surface area contributed by atoms with Crippen LogP contribution in [-0.2, 0) is 4.79 Å². The zero-order valence-corrected chi connectivity index (χ0v) is 10.3. The van der Waals surface area contributed by atoms with E-state index in [9.17, 15) is 4.79 Å². The molecule has 0 spiro atoms. The molecule has 5 N–H and O–H groups in total. The Balaban J connectivity index is 2.01. The van der Waals surface area contributed by atoms with Crippen LogP contribution in [-0.4, -0.2) is 23.3 Å². The van der Waals surface area contributed by atoms with Gasteiger partial charge < -0.3 is 5.43 Å². The largest absolute Gasteiger partial charge is 0.310 e. The number of nitrogens with two attached hydrogens (primary N) is 1. The molecule has 1 aliphatic carbocycles. The Morgan fingerprint density at radius 3 is 2.75 bits per heavy atom. The number of amides is 1. The van der Waals surface area contributed by atoms with Gasteiger partial charge in [0.15, 0.2) is 0 Å². The Morgan fingerprint density at radius 2 is 2.19 bits per heavy atom. The summed E-state index contributed by atoms with van der Waals surface area (Å²) >= 11 is 1.58. The minimum absolute atomic E-state index is 0.137. The molecule has 0 bridgehead atoms. The van der Waals surface area contributed by atoms with Crippen molar-refractivity contribution in [1.82, 2.24) is 16.2 Å². The summed E-state index contributed by atoms with van der Waals surface area (Å²) in [5.74, 6) is -0.137. The maximum atomic E-state index is 11.6. The van der Waals surface area contributed by atoms with E-state index >= 15 is 0 Å². The molecule has 1 aliphatic heterocycles. The smallest absolute Gasteiger partial charge is 0.297 e. The maximum absolute atomic E-state index is 11.6. The second-order valence-corrected chi connectivity index (χ2v) is 5.39. The van der Waals surface area contributed by atoms with Crippen LogP contribution in [0.15, 0.2) is 12.3 Å². The maximum Gasteiger partial charge on any atom is 0.297 e. The first-order chi connectivity index (χ1) is 7.65. The minimum atomic E-state index is -0.493. The molecule has 0 aromatic carbocycles. The van der Waals surface area contributed by atoms with E-state index in [-0.39, 0.29) is 5.91 Å². The van der Waals surface area contributed by atoms with Crippen LogP contribution >= 0.6 is 11.8 Å². The summed E-state index contributed by atoms with van der Waals surface area (Å²) in [5, 5.41) is 4.67. The highest BCUT2D eigenvalue weighted by Crippen LogP contribution is 2.17. The quantitative estimate of drug-likeness (QED) is 0.387. The van der Waals surface area contributed by atoms with Crippen molar-refractivity contribution in [3.05, 3.63) is 12.3 Å². The fourth-order valence-corrected chi connectivity index (χ4v) is 2.89. The third-order valence-corrected chi connectivity index (χ3v) is 4.15. The van der Waals surface area contributed by atoms with Crippen LogP contribution in [0.3, 0.4) is 0 Å². The molecule has 1 saturated carbocycles. The van der Waals surface area contributed by atoms with Gasteiger partial charge in [0.1, 0.15) is 5.70 Å².